The fourth-order valence-corrected chi connectivity index (χ4v) is 2.97. The minimum Gasteiger partial charge on any atom is -0.406 e. The predicted molar refractivity (Wildman–Crippen MR) is 99.2 cm³/mol. The maximum atomic E-state index is 12.1. The average Bonchev–Trinajstić information content (AvgIpc) is 2.61. The fraction of sp³-hybridized carbons (Fsp3) is 0.550. The number of ether oxygens (including phenoxy) is 1. The molecular formula is C20H27F3N2O2. The molecular weight excluding hydrogens is 357 g/mol. The van der Waals surface area contributed by atoms with E-state index in [0.717, 1.165) is 25.3 Å². The SMILES string of the molecule is CC1CCN(CCCCNC(=O)C=Cc2ccc(OC(F)(F)F)cc2)CC1. The highest BCUT2D eigenvalue weighted by molar-refractivity contribution is 5.91. The standard InChI is InChI=1S/C20H27F3N2O2/c1-16-10-14-25(15-11-16)13-3-2-12-24-19(26)9-6-17-4-7-18(8-5-17)27-20(21,22)23/h4-9,16H,2-3,10-15H2,1H3,(H,24,26). The number of carbonyl (C=O) groups is 1. The maximum Gasteiger partial charge on any atom is 0.573 e. The van der Waals surface area contributed by atoms with Crippen LogP contribution >= 0.6 is 0 Å². The van der Waals surface area contributed by atoms with Crippen molar-refractivity contribution in [3.8, 4) is 5.75 Å². The van der Waals surface area contributed by atoms with Crippen molar-refractivity contribution < 1.29 is 22.7 Å². The molecule has 1 aliphatic heterocycles. The lowest BCUT2D eigenvalue weighted by atomic mass is 9.99. The van der Waals surface area contributed by atoms with E-state index in [2.05, 4.69) is 21.9 Å². The zero-order valence-electron chi connectivity index (χ0n) is 15.6. The van der Waals surface area contributed by atoms with E-state index >= 15 is 0 Å². The Hall–Kier alpha value is -2.02. The van der Waals surface area contributed by atoms with Crippen LogP contribution in [0.2, 0.25) is 0 Å². The second-order valence-electron chi connectivity index (χ2n) is 6.97. The number of amides is 1. The predicted octanol–water partition coefficient (Wildman–Crippen LogP) is 4.23. The monoisotopic (exact) mass is 384 g/mol. The van der Waals surface area contributed by atoms with Crippen LogP contribution in [-0.2, 0) is 4.79 Å². The van der Waals surface area contributed by atoms with Crippen molar-refractivity contribution in [2.45, 2.75) is 39.0 Å². The third-order valence-corrected chi connectivity index (χ3v) is 4.62. The van der Waals surface area contributed by atoms with Crippen molar-refractivity contribution in [3.63, 3.8) is 0 Å². The highest BCUT2D eigenvalue weighted by Crippen LogP contribution is 2.23. The van der Waals surface area contributed by atoms with Crippen LogP contribution in [0.15, 0.2) is 30.3 Å². The first-order chi connectivity index (χ1) is 12.8. The van der Waals surface area contributed by atoms with E-state index in [4.69, 9.17) is 0 Å². The lowest BCUT2D eigenvalue weighted by Gasteiger charge is -2.30. The number of benzene rings is 1. The molecule has 1 heterocycles. The highest BCUT2D eigenvalue weighted by Gasteiger charge is 2.30. The molecule has 0 radical (unpaired) electrons. The molecule has 0 unspecified atom stereocenters. The van der Waals surface area contributed by atoms with E-state index in [1.54, 1.807) is 6.08 Å². The molecule has 4 nitrogen and oxygen atoms in total. The Morgan fingerprint density at radius 2 is 1.89 bits per heavy atom. The van der Waals surface area contributed by atoms with Crippen molar-refractivity contribution in [2.24, 2.45) is 5.92 Å². The third kappa shape index (κ3) is 8.95. The van der Waals surface area contributed by atoms with Crippen LogP contribution in [0.1, 0.15) is 38.2 Å². The summed E-state index contributed by atoms with van der Waals surface area (Å²) < 4.78 is 40.1. The molecule has 1 N–H and O–H groups in total. The first kappa shape index (κ1) is 21.3. The molecule has 0 saturated carbocycles. The summed E-state index contributed by atoms with van der Waals surface area (Å²) in [4.78, 5) is 14.3. The molecule has 150 valence electrons. The number of nitrogens with one attached hydrogen (secondary N) is 1. The normalized spacial score (nSPS) is 16.6. The number of rotatable bonds is 8. The van der Waals surface area contributed by atoms with Crippen molar-refractivity contribution in [1.82, 2.24) is 10.2 Å². The van der Waals surface area contributed by atoms with E-state index in [0.29, 0.717) is 12.1 Å². The molecule has 27 heavy (non-hydrogen) atoms. The smallest absolute Gasteiger partial charge is 0.406 e. The summed E-state index contributed by atoms with van der Waals surface area (Å²) in [6, 6.07) is 5.35. The molecule has 0 spiro atoms. The van der Waals surface area contributed by atoms with Gasteiger partial charge in [0, 0.05) is 12.6 Å². The van der Waals surface area contributed by atoms with Gasteiger partial charge in [-0.3, -0.25) is 4.79 Å². The Morgan fingerprint density at radius 3 is 2.52 bits per heavy atom. The van der Waals surface area contributed by atoms with E-state index in [1.807, 2.05) is 0 Å². The van der Waals surface area contributed by atoms with Crippen LogP contribution in [0.25, 0.3) is 6.08 Å². The Balaban J connectivity index is 1.61. The zero-order valence-corrected chi connectivity index (χ0v) is 15.6. The van der Waals surface area contributed by atoms with Gasteiger partial charge in [0.2, 0.25) is 5.91 Å². The molecule has 0 bridgehead atoms. The molecule has 1 aromatic carbocycles. The van der Waals surface area contributed by atoms with Crippen LogP contribution in [0.5, 0.6) is 5.75 Å². The lowest BCUT2D eigenvalue weighted by molar-refractivity contribution is -0.274. The molecule has 0 atom stereocenters. The van der Waals surface area contributed by atoms with Crippen LogP contribution in [-0.4, -0.2) is 43.3 Å². The quantitative estimate of drug-likeness (QED) is 0.539. The summed E-state index contributed by atoms with van der Waals surface area (Å²) in [6.45, 7) is 6.33. The van der Waals surface area contributed by atoms with Crippen molar-refractivity contribution in [2.75, 3.05) is 26.2 Å². The van der Waals surface area contributed by atoms with Gasteiger partial charge in [-0.05, 0) is 75.0 Å². The Kier molecular flexibility index (Phi) is 8.16. The largest absolute Gasteiger partial charge is 0.573 e. The van der Waals surface area contributed by atoms with Gasteiger partial charge in [-0.25, -0.2) is 0 Å². The van der Waals surface area contributed by atoms with Gasteiger partial charge in [-0.2, -0.15) is 0 Å². The molecule has 0 aromatic heterocycles. The zero-order chi connectivity index (χ0) is 19.7. The molecule has 2 rings (SSSR count). The Bertz CT molecular complexity index is 607. The summed E-state index contributed by atoms with van der Waals surface area (Å²) in [7, 11) is 0. The van der Waals surface area contributed by atoms with Crippen molar-refractivity contribution >= 4 is 12.0 Å². The van der Waals surface area contributed by atoms with Crippen LogP contribution in [0, 0.1) is 5.92 Å². The summed E-state index contributed by atoms with van der Waals surface area (Å²) in [6.07, 6.45) is 2.75. The number of nitrogens with zero attached hydrogens (tertiary/aromatic N) is 1. The van der Waals surface area contributed by atoms with E-state index in [9.17, 15) is 18.0 Å². The lowest BCUT2D eigenvalue weighted by Crippen LogP contribution is -2.34. The minimum atomic E-state index is -4.70. The highest BCUT2D eigenvalue weighted by atomic mass is 19.4. The summed E-state index contributed by atoms with van der Waals surface area (Å²) in [5.41, 5.74) is 0.624. The number of alkyl halides is 3. The van der Waals surface area contributed by atoms with Gasteiger partial charge in [0.1, 0.15) is 5.75 Å². The summed E-state index contributed by atoms with van der Waals surface area (Å²) >= 11 is 0. The first-order valence-corrected chi connectivity index (χ1v) is 9.36. The van der Waals surface area contributed by atoms with Gasteiger partial charge in [-0.1, -0.05) is 19.1 Å². The number of likely N-dealkylation sites (tertiary alicyclic amines) is 1. The second-order valence-corrected chi connectivity index (χ2v) is 6.97. The summed E-state index contributed by atoms with van der Waals surface area (Å²) in [5.74, 6) is 0.338. The number of halogens is 3. The number of unbranched alkanes of at least 4 members (excludes halogenated alkanes) is 1. The van der Waals surface area contributed by atoms with Crippen molar-refractivity contribution in [1.29, 1.82) is 0 Å². The Labute approximate surface area is 158 Å². The second kappa shape index (κ2) is 10.3. The molecule has 1 fully saturated rings. The van der Waals surface area contributed by atoms with Crippen LogP contribution in [0.4, 0.5) is 13.2 Å². The Morgan fingerprint density at radius 1 is 1.22 bits per heavy atom. The number of hydrogen-bond donors (Lipinski definition) is 1. The molecule has 1 aliphatic rings. The topological polar surface area (TPSA) is 41.6 Å². The van der Waals surface area contributed by atoms with Gasteiger partial charge < -0.3 is 15.0 Å². The first-order valence-electron chi connectivity index (χ1n) is 9.36. The van der Waals surface area contributed by atoms with E-state index in [-0.39, 0.29) is 11.7 Å². The van der Waals surface area contributed by atoms with Gasteiger partial charge in [-0.15, -0.1) is 13.2 Å². The van der Waals surface area contributed by atoms with Crippen LogP contribution < -0.4 is 10.1 Å². The molecule has 7 heteroatoms. The van der Waals surface area contributed by atoms with Gasteiger partial charge >= 0.3 is 6.36 Å². The van der Waals surface area contributed by atoms with Gasteiger partial charge in [0.15, 0.2) is 0 Å². The number of hydrogen-bond acceptors (Lipinski definition) is 3. The number of piperidine rings is 1. The van der Waals surface area contributed by atoms with Crippen molar-refractivity contribution in [3.05, 3.63) is 35.9 Å². The third-order valence-electron chi connectivity index (χ3n) is 4.62. The number of carbonyl (C=O) groups excluding carboxylic acids is 1. The minimum absolute atomic E-state index is 0.211. The van der Waals surface area contributed by atoms with Gasteiger partial charge in [0.05, 0.1) is 0 Å². The van der Waals surface area contributed by atoms with E-state index in [1.165, 1.54) is 56.3 Å². The van der Waals surface area contributed by atoms with Crippen LogP contribution in [0.3, 0.4) is 0 Å². The molecule has 1 amide bonds. The molecule has 0 aliphatic carbocycles. The average molecular weight is 384 g/mol. The summed E-state index contributed by atoms with van der Waals surface area (Å²) in [5, 5.41) is 2.82. The molecule has 1 saturated heterocycles. The fourth-order valence-electron chi connectivity index (χ4n) is 2.97. The van der Waals surface area contributed by atoms with Gasteiger partial charge in [0.25, 0.3) is 0 Å². The van der Waals surface area contributed by atoms with E-state index < -0.39 is 6.36 Å². The molecule has 1 aromatic rings. The maximum absolute atomic E-state index is 12.1.